The summed E-state index contributed by atoms with van der Waals surface area (Å²) in [5.74, 6) is 1.45. The molecule has 2 N–H and O–H groups in total. The lowest BCUT2D eigenvalue weighted by Crippen LogP contribution is -2.36. The van der Waals surface area contributed by atoms with Crippen molar-refractivity contribution >= 4 is 11.7 Å². The van der Waals surface area contributed by atoms with Crippen LogP contribution in [0.15, 0.2) is 42.6 Å². The minimum Gasteiger partial charge on any atom is -0.493 e. The van der Waals surface area contributed by atoms with Gasteiger partial charge in [0.25, 0.3) is 0 Å². The lowest BCUT2D eigenvalue weighted by molar-refractivity contribution is 0.200. The smallest absolute Gasteiger partial charge is 0.315 e. The molecule has 0 saturated heterocycles. The molecule has 1 aliphatic carbocycles. The number of amides is 2. The minimum atomic E-state index is -0.244. The van der Waals surface area contributed by atoms with Crippen molar-refractivity contribution in [2.45, 2.75) is 58.2 Å². The van der Waals surface area contributed by atoms with Crippen molar-refractivity contribution in [1.29, 1.82) is 0 Å². The Morgan fingerprint density at radius 3 is 2.77 bits per heavy atom. The highest BCUT2D eigenvalue weighted by Crippen LogP contribution is 2.33. The van der Waals surface area contributed by atoms with E-state index in [1.807, 2.05) is 60.8 Å². The highest BCUT2D eigenvalue weighted by molar-refractivity contribution is 5.74. The van der Waals surface area contributed by atoms with Crippen LogP contribution in [0.25, 0.3) is 5.65 Å². The second-order valence-electron chi connectivity index (χ2n) is 8.11. The molecular weight excluding hydrogens is 392 g/mol. The Morgan fingerprint density at radius 1 is 1.23 bits per heavy atom. The molecule has 0 radical (unpaired) electrons. The van der Waals surface area contributed by atoms with Crippen molar-refractivity contribution in [2.75, 3.05) is 7.11 Å². The van der Waals surface area contributed by atoms with Gasteiger partial charge in [0.1, 0.15) is 5.65 Å². The van der Waals surface area contributed by atoms with Gasteiger partial charge in [-0.2, -0.15) is 0 Å². The maximum Gasteiger partial charge on any atom is 0.315 e. The fourth-order valence-electron chi connectivity index (χ4n) is 4.02. The average molecular weight is 423 g/mol. The van der Waals surface area contributed by atoms with E-state index in [9.17, 15) is 4.79 Å². The Kier molecular flexibility index (Phi) is 6.30. The summed E-state index contributed by atoms with van der Waals surface area (Å²) in [6, 6.07) is 11.4. The summed E-state index contributed by atoms with van der Waals surface area (Å²) in [7, 11) is 1.64. The first-order valence-corrected chi connectivity index (χ1v) is 10.9. The van der Waals surface area contributed by atoms with Gasteiger partial charge in [-0.3, -0.25) is 0 Å². The summed E-state index contributed by atoms with van der Waals surface area (Å²) < 4.78 is 13.6. The molecule has 0 aliphatic heterocycles. The van der Waals surface area contributed by atoms with Crippen molar-refractivity contribution in [3.05, 3.63) is 59.5 Å². The number of aromatic nitrogens is 2. The monoisotopic (exact) mass is 422 g/mol. The molecule has 1 aromatic carbocycles. The van der Waals surface area contributed by atoms with Crippen molar-refractivity contribution in [3.8, 4) is 11.5 Å². The molecule has 1 unspecified atom stereocenters. The Morgan fingerprint density at radius 2 is 2.03 bits per heavy atom. The first kappa shape index (κ1) is 21.0. The van der Waals surface area contributed by atoms with Gasteiger partial charge >= 0.3 is 6.03 Å². The molecule has 2 heterocycles. The van der Waals surface area contributed by atoms with Gasteiger partial charge in [-0.15, -0.1) is 0 Å². The molecule has 3 aromatic rings. The molecule has 1 fully saturated rings. The molecular formula is C24H30N4O3. The number of ether oxygens (including phenoxy) is 2. The number of methoxy groups -OCH3 is 1. The molecule has 0 spiro atoms. The quantitative estimate of drug-likeness (QED) is 0.586. The second kappa shape index (κ2) is 9.29. The van der Waals surface area contributed by atoms with E-state index >= 15 is 0 Å². The number of rotatable bonds is 7. The summed E-state index contributed by atoms with van der Waals surface area (Å²) in [5.41, 5.74) is 3.74. The first-order valence-electron chi connectivity index (χ1n) is 10.9. The number of imidazole rings is 1. The number of nitrogens with one attached hydrogen (secondary N) is 2. The maximum absolute atomic E-state index is 12.4. The van der Waals surface area contributed by atoms with E-state index in [2.05, 4.69) is 15.6 Å². The molecule has 2 amide bonds. The van der Waals surface area contributed by atoms with Gasteiger partial charge in [-0.25, -0.2) is 9.78 Å². The molecule has 1 atom stereocenters. The fraction of sp³-hybridized carbons (Fsp3) is 0.417. The summed E-state index contributed by atoms with van der Waals surface area (Å²) >= 11 is 0. The third kappa shape index (κ3) is 4.93. The highest BCUT2D eigenvalue weighted by Gasteiger charge is 2.19. The molecule has 0 bridgehead atoms. The van der Waals surface area contributed by atoms with E-state index < -0.39 is 0 Å². The predicted molar refractivity (Wildman–Crippen MR) is 120 cm³/mol. The number of aryl methyl sites for hydroxylation is 1. The summed E-state index contributed by atoms with van der Waals surface area (Å²) in [5, 5.41) is 5.86. The van der Waals surface area contributed by atoms with Crippen molar-refractivity contribution in [1.82, 2.24) is 20.0 Å². The Hall–Kier alpha value is -3.22. The molecule has 7 nitrogen and oxygen atoms in total. The minimum absolute atomic E-state index is 0.183. The van der Waals surface area contributed by atoms with Gasteiger partial charge in [-0.1, -0.05) is 12.1 Å². The molecule has 2 aromatic heterocycles. The number of carbonyl (C=O) groups is 1. The van der Waals surface area contributed by atoms with Crippen LogP contribution in [0.2, 0.25) is 0 Å². The van der Waals surface area contributed by atoms with Gasteiger partial charge in [0.05, 0.1) is 31.5 Å². The van der Waals surface area contributed by atoms with Crippen LogP contribution in [0.3, 0.4) is 0 Å². The summed E-state index contributed by atoms with van der Waals surface area (Å²) in [6.07, 6.45) is 6.84. The topological polar surface area (TPSA) is 76.9 Å². The van der Waals surface area contributed by atoms with Gasteiger partial charge < -0.3 is 24.5 Å². The molecule has 7 heteroatoms. The molecule has 1 saturated carbocycles. The second-order valence-corrected chi connectivity index (χ2v) is 8.11. The SMILES string of the molecule is COc1cc(C(C)NC(=O)NCc2cn3c(C)cccc3n2)ccc1OC1CCCC1. The lowest BCUT2D eigenvalue weighted by Gasteiger charge is -2.19. The van der Waals surface area contributed by atoms with Gasteiger partial charge in [0.2, 0.25) is 0 Å². The van der Waals surface area contributed by atoms with Gasteiger partial charge in [0.15, 0.2) is 11.5 Å². The number of carbonyl (C=O) groups excluding carboxylic acids is 1. The summed E-state index contributed by atoms with van der Waals surface area (Å²) in [6.45, 7) is 4.33. The van der Waals surface area contributed by atoms with Crippen LogP contribution in [0.1, 0.15) is 55.6 Å². The third-order valence-corrected chi connectivity index (χ3v) is 5.81. The molecule has 31 heavy (non-hydrogen) atoms. The van der Waals surface area contributed by atoms with Crippen molar-refractivity contribution in [3.63, 3.8) is 0 Å². The number of nitrogens with zero attached hydrogens (tertiary/aromatic N) is 2. The Labute approximate surface area is 182 Å². The molecule has 164 valence electrons. The van der Waals surface area contributed by atoms with Crippen LogP contribution in [0.5, 0.6) is 11.5 Å². The first-order chi connectivity index (χ1) is 15.0. The van der Waals surface area contributed by atoms with E-state index in [0.717, 1.165) is 41.2 Å². The number of fused-ring (bicyclic) bond motifs is 1. The predicted octanol–water partition coefficient (Wildman–Crippen LogP) is 4.53. The number of benzene rings is 1. The zero-order valence-corrected chi connectivity index (χ0v) is 18.4. The maximum atomic E-state index is 12.4. The van der Waals surface area contributed by atoms with Gasteiger partial charge in [0, 0.05) is 11.9 Å². The summed E-state index contributed by atoms with van der Waals surface area (Å²) in [4.78, 5) is 17.0. The van der Waals surface area contributed by atoms with E-state index in [1.54, 1.807) is 7.11 Å². The lowest BCUT2D eigenvalue weighted by atomic mass is 10.1. The normalized spacial score (nSPS) is 15.1. The fourth-order valence-corrected chi connectivity index (χ4v) is 4.02. The zero-order chi connectivity index (χ0) is 21.8. The number of pyridine rings is 1. The average Bonchev–Trinajstić information content (AvgIpc) is 3.43. The molecule has 1 aliphatic rings. The van der Waals surface area contributed by atoms with Crippen LogP contribution < -0.4 is 20.1 Å². The number of hydrogen-bond donors (Lipinski definition) is 2. The Bertz CT molecular complexity index is 1060. The van der Waals surface area contributed by atoms with Crippen LogP contribution >= 0.6 is 0 Å². The zero-order valence-electron chi connectivity index (χ0n) is 18.4. The highest BCUT2D eigenvalue weighted by atomic mass is 16.5. The van der Waals surface area contributed by atoms with Crippen LogP contribution in [-0.4, -0.2) is 28.6 Å². The molecule has 4 rings (SSSR count). The van der Waals surface area contributed by atoms with Crippen LogP contribution in [0, 0.1) is 6.92 Å². The van der Waals surface area contributed by atoms with Crippen molar-refractivity contribution in [2.24, 2.45) is 0 Å². The van der Waals surface area contributed by atoms with E-state index in [1.165, 1.54) is 12.8 Å². The van der Waals surface area contributed by atoms with E-state index in [-0.39, 0.29) is 18.2 Å². The van der Waals surface area contributed by atoms with Crippen LogP contribution in [0.4, 0.5) is 4.79 Å². The number of urea groups is 1. The largest absolute Gasteiger partial charge is 0.493 e. The standard InChI is InChI=1S/C24H30N4O3/c1-16-7-6-10-23-27-19(15-28(16)23)14-25-24(29)26-17(2)18-11-12-21(22(13-18)30-3)31-20-8-4-5-9-20/h6-7,10-13,15,17,20H,4-5,8-9,14H2,1-3H3,(H2,25,26,29). The van der Waals surface area contributed by atoms with E-state index in [4.69, 9.17) is 9.47 Å². The number of hydrogen-bond acceptors (Lipinski definition) is 4. The Balaban J connectivity index is 1.34. The van der Waals surface area contributed by atoms with Crippen LogP contribution in [-0.2, 0) is 6.54 Å². The van der Waals surface area contributed by atoms with Crippen molar-refractivity contribution < 1.29 is 14.3 Å². The van der Waals surface area contributed by atoms with E-state index in [0.29, 0.717) is 12.3 Å². The van der Waals surface area contributed by atoms with Gasteiger partial charge in [-0.05, 0) is 69.4 Å². The third-order valence-electron chi connectivity index (χ3n) is 5.81.